The van der Waals surface area contributed by atoms with Gasteiger partial charge >= 0.3 is 59.1 Å². The van der Waals surface area contributed by atoms with Gasteiger partial charge in [-0.25, -0.2) is 8.42 Å². The van der Waals surface area contributed by atoms with E-state index in [2.05, 4.69) is 29.0 Å². The minimum absolute atomic E-state index is 0. The van der Waals surface area contributed by atoms with Gasteiger partial charge in [0, 0.05) is 15.7 Å². The molecule has 0 radical (unpaired) electrons. The molecule has 194 valence electrons. The van der Waals surface area contributed by atoms with Crippen molar-refractivity contribution in [1.29, 1.82) is 0 Å². The van der Waals surface area contributed by atoms with Crippen LogP contribution in [0.2, 0.25) is 0 Å². The number of azo groups is 1. The molecule has 0 spiro atoms. The Bertz CT molecular complexity index is 1350. The van der Waals surface area contributed by atoms with Gasteiger partial charge in [-0.1, -0.05) is 0 Å². The molecule has 0 atom stereocenters. The van der Waals surface area contributed by atoms with E-state index in [-0.39, 0.29) is 112 Å². The summed E-state index contributed by atoms with van der Waals surface area (Å²) in [6.07, 6.45) is 0. The van der Waals surface area contributed by atoms with E-state index in [9.17, 15) is 24.0 Å². The van der Waals surface area contributed by atoms with E-state index >= 15 is 0 Å². The van der Waals surface area contributed by atoms with Crippen molar-refractivity contribution in [3.8, 4) is 11.5 Å². The second-order valence-electron chi connectivity index (χ2n) is 6.64. The zero-order valence-electron chi connectivity index (χ0n) is 20.2. The van der Waals surface area contributed by atoms with Gasteiger partial charge in [-0.2, -0.15) is 4.33 Å². The monoisotopic (exact) mass is 605 g/mol. The summed E-state index contributed by atoms with van der Waals surface area (Å²) in [4.78, 5) is 0.222. The van der Waals surface area contributed by atoms with Gasteiger partial charge < -0.3 is 26.1 Å². The molecule has 0 aliphatic rings. The quantitative estimate of drug-likeness (QED) is 0.0367. The van der Waals surface area contributed by atoms with Crippen LogP contribution in [0.15, 0.2) is 62.5 Å². The van der Waals surface area contributed by atoms with Crippen LogP contribution in [-0.4, -0.2) is 33.0 Å². The molecule has 3 aromatic carbocycles. The number of fused-ring (bicyclic) bond motifs is 1. The number of phenolic OH excluding ortho intramolecular Hbond substituents is 1. The van der Waals surface area contributed by atoms with Crippen LogP contribution in [0.5, 0.6) is 11.5 Å². The molecule has 0 heterocycles. The molecule has 0 bridgehead atoms. The van der Waals surface area contributed by atoms with Crippen molar-refractivity contribution in [2.24, 2.45) is 10.2 Å². The summed E-state index contributed by atoms with van der Waals surface area (Å²) < 4.78 is 43.5. The molecule has 14 nitrogen and oxygen atoms in total. The summed E-state index contributed by atoms with van der Waals surface area (Å²) in [6, 6.07) is 9.95. The third kappa shape index (κ3) is 9.44. The van der Waals surface area contributed by atoms with Gasteiger partial charge in [-0.3, -0.25) is 14.3 Å². The first-order chi connectivity index (χ1) is 17.3. The minimum atomic E-state index is -3.82. The van der Waals surface area contributed by atoms with E-state index in [0.29, 0.717) is 27.7 Å². The summed E-state index contributed by atoms with van der Waals surface area (Å²) in [6.45, 7) is -0.295. The molecular formula is C19H17N3Na2O11S3. The van der Waals surface area contributed by atoms with E-state index in [4.69, 9.17) is 14.7 Å². The Labute approximate surface area is 269 Å². The van der Waals surface area contributed by atoms with E-state index in [1.807, 2.05) is 0 Å². The van der Waals surface area contributed by atoms with Gasteiger partial charge in [-0.05, 0) is 42.5 Å². The number of rotatable bonds is 13. The molecule has 0 aromatic heterocycles. The van der Waals surface area contributed by atoms with Crippen LogP contribution >= 0.6 is 24.4 Å². The summed E-state index contributed by atoms with van der Waals surface area (Å²) in [7, 11) is -2.45. The molecule has 0 unspecified atom stereocenters. The number of phenols is 1. The van der Waals surface area contributed by atoms with Gasteiger partial charge in [0.1, 0.15) is 22.9 Å². The molecule has 0 aliphatic heterocycles. The number of aromatic hydroxyl groups is 1. The number of nitrogens with two attached hydrogens (primary N) is 1. The second kappa shape index (κ2) is 17.2. The normalized spacial score (nSPS) is 11.3. The van der Waals surface area contributed by atoms with E-state index < -0.39 is 15.6 Å². The SMILES string of the molecule is COc1ccc(S(=O)(=O)CCOSOO[O-])cc1N=Nc1c(N)ccc2c(O)cc(SOO[O-])cc12.[Na+].[Na+]. The predicted octanol–water partition coefficient (Wildman–Crippen LogP) is -3.63. The fourth-order valence-electron chi connectivity index (χ4n) is 2.98. The maximum atomic E-state index is 12.7. The Morgan fingerprint density at radius 1 is 1.00 bits per heavy atom. The predicted molar refractivity (Wildman–Crippen MR) is 123 cm³/mol. The zero-order valence-corrected chi connectivity index (χ0v) is 26.6. The molecular weight excluding hydrogens is 588 g/mol. The zero-order chi connectivity index (χ0) is 26.1. The Morgan fingerprint density at radius 2 is 1.74 bits per heavy atom. The Morgan fingerprint density at radius 3 is 2.42 bits per heavy atom. The van der Waals surface area contributed by atoms with Crippen molar-refractivity contribution < 1.29 is 111 Å². The summed E-state index contributed by atoms with van der Waals surface area (Å²) in [5, 5.41) is 45.7. The summed E-state index contributed by atoms with van der Waals surface area (Å²) in [5.74, 6) is -0.348. The molecule has 0 saturated carbocycles. The first kappa shape index (κ1) is 35.3. The molecule has 38 heavy (non-hydrogen) atoms. The van der Waals surface area contributed by atoms with Gasteiger partial charge in [-0.15, -0.1) is 14.6 Å². The standard InChI is InChI=1S/C19H19N3O11S3.2Na/c1-28-18-5-2-12(36(26,27)7-6-29-35-33-31-25)10-16(18)21-22-19-14-8-11(34-32-30-24)9-17(23)13(14)3-4-15(19)20;;/h2-5,8-10,23-25H,6-7,20H2,1H3;;/q;2*+1/p-2. The number of hydrogen-bond acceptors (Lipinski definition) is 16. The van der Waals surface area contributed by atoms with Crippen molar-refractivity contribution in [3.05, 3.63) is 42.5 Å². The third-order valence-corrected chi connectivity index (χ3v) is 7.16. The Hall–Kier alpha value is -0.710. The van der Waals surface area contributed by atoms with Crippen LogP contribution in [-0.2, 0) is 32.8 Å². The molecule has 0 fully saturated rings. The van der Waals surface area contributed by atoms with Crippen LogP contribution in [0, 0.1) is 0 Å². The van der Waals surface area contributed by atoms with Gasteiger partial charge in [0.15, 0.2) is 22.2 Å². The number of benzene rings is 3. The van der Waals surface area contributed by atoms with Crippen molar-refractivity contribution in [2.45, 2.75) is 9.79 Å². The number of ether oxygens (including phenoxy) is 1. The van der Waals surface area contributed by atoms with Crippen molar-refractivity contribution in [3.63, 3.8) is 0 Å². The maximum Gasteiger partial charge on any atom is 1.00 e. The Balaban J connectivity index is 0.00000361. The fourth-order valence-corrected chi connectivity index (χ4v) is 4.83. The molecule has 3 N–H and O–H groups in total. The van der Waals surface area contributed by atoms with Crippen LogP contribution in [0.3, 0.4) is 0 Å². The summed E-state index contributed by atoms with van der Waals surface area (Å²) >= 11 is 0.762. The van der Waals surface area contributed by atoms with Crippen LogP contribution in [0.1, 0.15) is 0 Å². The van der Waals surface area contributed by atoms with Gasteiger partial charge in [0.05, 0.1) is 42.1 Å². The third-order valence-electron chi connectivity index (χ3n) is 4.55. The van der Waals surface area contributed by atoms with Crippen molar-refractivity contribution >= 4 is 62.0 Å². The topological polar surface area (TPSA) is 207 Å². The first-order valence-corrected chi connectivity index (χ1v) is 12.6. The number of nitrogens with zero attached hydrogens (tertiary/aromatic N) is 2. The molecule has 3 aromatic rings. The van der Waals surface area contributed by atoms with Crippen LogP contribution in [0.25, 0.3) is 10.8 Å². The van der Waals surface area contributed by atoms with E-state index in [1.165, 1.54) is 37.4 Å². The van der Waals surface area contributed by atoms with Crippen LogP contribution < -0.4 is 80.1 Å². The number of nitrogen functional groups attached to an aromatic ring is 1. The fraction of sp³-hybridized carbons (Fsp3) is 0.158. The number of anilines is 1. The van der Waals surface area contributed by atoms with Crippen molar-refractivity contribution in [1.82, 2.24) is 0 Å². The van der Waals surface area contributed by atoms with Gasteiger partial charge in [0.25, 0.3) is 0 Å². The maximum absolute atomic E-state index is 12.7. The van der Waals surface area contributed by atoms with E-state index in [1.54, 1.807) is 12.1 Å². The molecule has 3 rings (SSSR count). The number of sulfone groups is 1. The molecule has 19 heteroatoms. The molecule has 0 aliphatic carbocycles. The number of hydrogen-bond donors (Lipinski definition) is 2. The van der Waals surface area contributed by atoms with E-state index in [0.717, 1.165) is 0 Å². The van der Waals surface area contributed by atoms with Crippen LogP contribution in [0.4, 0.5) is 17.1 Å². The van der Waals surface area contributed by atoms with Crippen molar-refractivity contribution in [2.75, 3.05) is 25.2 Å². The molecule has 0 saturated heterocycles. The number of methoxy groups -OCH3 is 1. The smallest absolute Gasteiger partial charge is 0.691 e. The largest absolute Gasteiger partial charge is 1.00 e. The average Bonchev–Trinajstić information content (AvgIpc) is 2.86. The minimum Gasteiger partial charge on any atom is -0.691 e. The van der Waals surface area contributed by atoms with Gasteiger partial charge in [0.2, 0.25) is 0 Å². The summed E-state index contributed by atoms with van der Waals surface area (Å²) in [5.41, 5.74) is 6.52. The molecule has 0 amide bonds. The average molecular weight is 606 g/mol. The Kier molecular flexibility index (Phi) is 16.0. The second-order valence-corrected chi connectivity index (χ2v) is 10.0. The first-order valence-electron chi connectivity index (χ1n) is 9.56.